The summed E-state index contributed by atoms with van der Waals surface area (Å²) in [5.41, 5.74) is 0.683. The number of hydroxylamine groups is 1. The van der Waals surface area contributed by atoms with Crippen LogP contribution in [0.2, 0.25) is 0 Å². The van der Waals surface area contributed by atoms with Crippen LogP contribution in [0.15, 0.2) is 24.3 Å². The van der Waals surface area contributed by atoms with Gasteiger partial charge in [-0.05, 0) is 31.7 Å². The van der Waals surface area contributed by atoms with E-state index in [0.29, 0.717) is 5.56 Å². The number of rotatable bonds is 3. The van der Waals surface area contributed by atoms with Gasteiger partial charge in [0, 0.05) is 0 Å². The van der Waals surface area contributed by atoms with Gasteiger partial charge in [-0.15, -0.1) is 0 Å². The van der Waals surface area contributed by atoms with Crippen LogP contribution in [0, 0.1) is 5.82 Å². The maximum Gasteiger partial charge on any atom is 0.263 e. The highest BCUT2D eigenvalue weighted by Crippen LogP contribution is 2.32. The van der Waals surface area contributed by atoms with Crippen LogP contribution in [-0.4, -0.2) is 52.9 Å². The molecular formula is C14H16FN3O4. The summed E-state index contributed by atoms with van der Waals surface area (Å²) in [5.74, 6) is -2.46. The highest BCUT2D eigenvalue weighted by Gasteiger charge is 2.49. The maximum absolute atomic E-state index is 13.1. The van der Waals surface area contributed by atoms with E-state index in [9.17, 15) is 18.8 Å². The van der Waals surface area contributed by atoms with E-state index in [1.807, 2.05) is 0 Å². The summed E-state index contributed by atoms with van der Waals surface area (Å²) in [6.07, 6.45) is 0. The zero-order valence-corrected chi connectivity index (χ0v) is 12.2. The second-order valence-corrected chi connectivity index (χ2v) is 5.26. The summed E-state index contributed by atoms with van der Waals surface area (Å²) in [6, 6.07) is 5.37. The predicted octanol–water partition coefficient (Wildman–Crippen LogP) is -0.153. The fourth-order valence-electron chi connectivity index (χ4n) is 2.44. The van der Waals surface area contributed by atoms with E-state index in [1.165, 1.54) is 34.6 Å². The standard InChI is InChI=1S/C14H16FN3O4/c1-14(9-3-5-10(15)6-4-9)13(21)18(7-11(19)16-22)12(20)8-17(14)2/h3-6,22H,7-8H2,1-2H3,(H,16,19). The summed E-state index contributed by atoms with van der Waals surface area (Å²) in [4.78, 5) is 38.3. The molecular weight excluding hydrogens is 293 g/mol. The third-order valence-electron chi connectivity index (χ3n) is 3.93. The molecule has 1 atom stereocenters. The SMILES string of the molecule is CN1CC(=O)N(CC(=O)NO)C(=O)C1(C)c1ccc(F)cc1. The number of benzene rings is 1. The van der Waals surface area contributed by atoms with E-state index in [4.69, 9.17) is 5.21 Å². The van der Waals surface area contributed by atoms with Crippen molar-refractivity contribution in [3.8, 4) is 0 Å². The van der Waals surface area contributed by atoms with E-state index in [0.717, 1.165) is 4.90 Å². The lowest BCUT2D eigenvalue weighted by Gasteiger charge is -2.44. The van der Waals surface area contributed by atoms with Gasteiger partial charge >= 0.3 is 0 Å². The number of hydrogen-bond donors (Lipinski definition) is 2. The summed E-state index contributed by atoms with van der Waals surface area (Å²) < 4.78 is 13.1. The third-order valence-corrected chi connectivity index (χ3v) is 3.93. The van der Waals surface area contributed by atoms with Crippen molar-refractivity contribution in [1.29, 1.82) is 0 Å². The van der Waals surface area contributed by atoms with E-state index in [2.05, 4.69) is 0 Å². The van der Waals surface area contributed by atoms with E-state index in [1.54, 1.807) is 14.0 Å². The van der Waals surface area contributed by atoms with Gasteiger partial charge in [0.25, 0.3) is 11.8 Å². The zero-order valence-electron chi connectivity index (χ0n) is 12.2. The average Bonchev–Trinajstić information content (AvgIpc) is 2.50. The van der Waals surface area contributed by atoms with Crippen molar-refractivity contribution in [3.05, 3.63) is 35.6 Å². The molecule has 1 aromatic carbocycles. The highest BCUT2D eigenvalue weighted by molar-refractivity contribution is 6.05. The van der Waals surface area contributed by atoms with Crippen LogP contribution in [0.1, 0.15) is 12.5 Å². The van der Waals surface area contributed by atoms with Gasteiger partial charge in [0.1, 0.15) is 17.9 Å². The lowest BCUT2D eigenvalue weighted by atomic mass is 9.86. The summed E-state index contributed by atoms with van der Waals surface area (Å²) in [6.45, 7) is 0.940. The fourth-order valence-corrected chi connectivity index (χ4v) is 2.44. The molecule has 118 valence electrons. The van der Waals surface area contributed by atoms with Crippen molar-refractivity contribution in [3.63, 3.8) is 0 Å². The predicted molar refractivity (Wildman–Crippen MR) is 73.0 cm³/mol. The lowest BCUT2D eigenvalue weighted by Crippen LogP contribution is -2.64. The summed E-state index contributed by atoms with van der Waals surface area (Å²) in [5, 5.41) is 8.57. The van der Waals surface area contributed by atoms with E-state index in [-0.39, 0.29) is 6.54 Å². The van der Waals surface area contributed by atoms with Crippen LogP contribution >= 0.6 is 0 Å². The van der Waals surface area contributed by atoms with Crippen LogP contribution in [0.25, 0.3) is 0 Å². The average molecular weight is 309 g/mol. The first-order chi connectivity index (χ1) is 10.3. The van der Waals surface area contributed by atoms with Gasteiger partial charge in [-0.3, -0.25) is 29.4 Å². The molecule has 1 aliphatic heterocycles. The molecule has 7 nitrogen and oxygen atoms in total. The number of carbonyl (C=O) groups is 3. The van der Waals surface area contributed by atoms with E-state index < -0.39 is 35.6 Å². The van der Waals surface area contributed by atoms with Gasteiger partial charge in [0.15, 0.2) is 0 Å². The molecule has 1 aromatic rings. The quantitative estimate of drug-likeness (QED) is 0.460. The highest BCUT2D eigenvalue weighted by atomic mass is 19.1. The molecule has 1 saturated heterocycles. The lowest BCUT2D eigenvalue weighted by molar-refractivity contribution is -0.164. The molecule has 2 N–H and O–H groups in total. The Labute approximate surface area is 126 Å². The normalized spacial score (nSPS) is 22.8. The fraction of sp³-hybridized carbons (Fsp3) is 0.357. The van der Waals surface area contributed by atoms with Crippen molar-refractivity contribution in [2.75, 3.05) is 20.1 Å². The van der Waals surface area contributed by atoms with Crippen molar-refractivity contribution in [1.82, 2.24) is 15.3 Å². The molecule has 8 heteroatoms. The molecule has 0 radical (unpaired) electrons. The van der Waals surface area contributed by atoms with Gasteiger partial charge in [0.05, 0.1) is 6.54 Å². The molecule has 0 aromatic heterocycles. The molecule has 1 aliphatic rings. The number of nitrogens with one attached hydrogen (secondary N) is 1. The second kappa shape index (κ2) is 5.82. The first-order valence-electron chi connectivity index (χ1n) is 6.55. The number of hydrogen-bond acceptors (Lipinski definition) is 5. The minimum Gasteiger partial charge on any atom is -0.289 e. The smallest absolute Gasteiger partial charge is 0.263 e. The van der Waals surface area contributed by atoms with Gasteiger partial charge in [-0.2, -0.15) is 0 Å². The number of piperazine rings is 1. The topological polar surface area (TPSA) is 90.0 Å². The van der Waals surface area contributed by atoms with Crippen molar-refractivity contribution in [2.24, 2.45) is 0 Å². The van der Waals surface area contributed by atoms with Crippen molar-refractivity contribution >= 4 is 17.7 Å². The summed E-state index contributed by atoms with van der Waals surface area (Å²) >= 11 is 0. The zero-order chi connectivity index (χ0) is 16.5. The molecule has 0 saturated carbocycles. The van der Waals surface area contributed by atoms with Crippen LogP contribution in [0.5, 0.6) is 0 Å². The molecule has 1 unspecified atom stereocenters. The maximum atomic E-state index is 13.1. The van der Waals surface area contributed by atoms with Gasteiger partial charge in [-0.1, -0.05) is 12.1 Å². The molecule has 22 heavy (non-hydrogen) atoms. The number of nitrogens with zero attached hydrogens (tertiary/aromatic N) is 2. The van der Waals surface area contributed by atoms with Gasteiger partial charge in [-0.25, -0.2) is 9.87 Å². The second-order valence-electron chi connectivity index (χ2n) is 5.26. The van der Waals surface area contributed by atoms with Crippen molar-refractivity contribution in [2.45, 2.75) is 12.5 Å². The van der Waals surface area contributed by atoms with Gasteiger partial charge < -0.3 is 0 Å². The Morgan fingerprint density at radius 1 is 1.36 bits per heavy atom. The Bertz CT molecular complexity index is 619. The molecule has 0 bridgehead atoms. The van der Waals surface area contributed by atoms with Crippen LogP contribution in [0.3, 0.4) is 0 Å². The summed E-state index contributed by atoms with van der Waals surface area (Å²) in [7, 11) is 1.60. The number of carbonyl (C=O) groups excluding carboxylic acids is 3. The molecule has 2 rings (SSSR count). The Kier molecular flexibility index (Phi) is 4.25. The third kappa shape index (κ3) is 2.58. The van der Waals surface area contributed by atoms with E-state index >= 15 is 0 Å². The minimum absolute atomic E-state index is 0.0850. The number of likely N-dealkylation sites (N-methyl/N-ethyl adjacent to an activating group) is 1. The number of halogens is 1. The first kappa shape index (κ1) is 16.1. The largest absolute Gasteiger partial charge is 0.289 e. The monoisotopic (exact) mass is 309 g/mol. The Morgan fingerprint density at radius 3 is 2.50 bits per heavy atom. The van der Waals surface area contributed by atoms with Gasteiger partial charge in [0.2, 0.25) is 5.91 Å². The molecule has 1 fully saturated rings. The van der Waals surface area contributed by atoms with Crippen LogP contribution in [-0.2, 0) is 19.9 Å². The molecule has 0 aliphatic carbocycles. The Balaban J connectivity index is 2.40. The number of imide groups is 1. The first-order valence-corrected chi connectivity index (χ1v) is 6.55. The molecule has 0 spiro atoms. The van der Waals surface area contributed by atoms with Crippen LogP contribution < -0.4 is 5.48 Å². The van der Waals surface area contributed by atoms with Crippen molar-refractivity contribution < 1.29 is 24.0 Å². The Hall–Kier alpha value is -2.32. The number of amides is 3. The molecule has 3 amide bonds. The Morgan fingerprint density at radius 2 is 1.95 bits per heavy atom. The van der Waals surface area contributed by atoms with Crippen LogP contribution in [0.4, 0.5) is 4.39 Å². The molecule has 1 heterocycles. The minimum atomic E-state index is -1.21.